The number of hydrogen-bond donors (Lipinski definition) is 0. The molecule has 1 aliphatic rings. The fourth-order valence-corrected chi connectivity index (χ4v) is 3.04. The highest BCUT2D eigenvalue weighted by atomic mass is 35.5. The fraction of sp³-hybridized carbons (Fsp3) is 0.381. The molecule has 144 valence electrons. The maximum absolute atomic E-state index is 12.7. The molecule has 1 amide bonds. The highest BCUT2D eigenvalue weighted by molar-refractivity contribution is 6.31. The van der Waals surface area contributed by atoms with Crippen molar-refractivity contribution in [2.45, 2.75) is 26.1 Å². The lowest BCUT2D eigenvalue weighted by Gasteiger charge is -2.34. The van der Waals surface area contributed by atoms with Crippen LogP contribution in [-0.2, 0) is 9.53 Å². The van der Waals surface area contributed by atoms with Gasteiger partial charge in [0.25, 0.3) is 5.91 Å². The number of aryl methyl sites for hydroxylation is 1. The SMILES string of the molecule is Cc1cc(OC[C@H]2CN(C(=O)[C@@H](C)Oc3ccccc3)CCO2)ccc1Cl. The number of benzene rings is 2. The van der Waals surface area contributed by atoms with Gasteiger partial charge >= 0.3 is 0 Å². The molecule has 0 N–H and O–H groups in total. The Hall–Kier alpha value is -2.24. The van der Waals surface area contributed by atoms with E-state index in [0.717, 1.165) is 11.3 Å². The number of carbonyl (C=O) groups excluding carboxylic acids is 1. The monoisotopic (exact) mass is 389 g/mol. The van der Waals surface area contributed by atoms with E-state index in [4.69, 9.17) is 25.8 Å². The van der Waals surface area contributed by atoms with Crippen LogP contribution in [0.4, 0.5) is 0 Å². The number of rotatable bonds is 6. The number of hydrogen-bond acceptors (Lipinski definition) is 4. The molecule has 1 aliphatic heterocycles. The van der Waals surface area contributed by atoms with Gasteiger partial charge in [-0.25, -0.2) is 0 Å². The van der Waals surface area contributed by atoms with Gasteiger partial charge in [-0.15, -0.1) is 0 Å². The Morgan fingerprint density at radius 2 is 2.04 bits per heavy atom. The molecule has 1 saturated heterocycles. The summed E-state index contributed by atoms with van der Waals surface area (Å²) in [6.07, 6.45) is -0.728. The number of carbonyl (C=O) groups is 1. The van der Waals surface area contributed by atoms with Gasteiger partial charge < -0.3 is 19.1 Å². The van der Waals surface area contributed by atoms with Crippen molar-refractivity contribution in [2.24, 2.45) is 0 Å². The van der Waals surface area contributed by atoms with Crippen molar-refractivity contribution in [1.82, 2.24) is 4.90 Å². The molecule has 2 atom stereocenters. The van der Waals surface area contributed by atoms with Crippen LogP contribution in [0.3, 0.4) is 0 Å². The zero-order valence-electron chi connectivity index (χ0n) is 15.6. The molecule has 0 aromatic heterocycles. The third kappa shape index (κ3) is 5.37. The molecule has 1 fully saturated rings. The minimum Gasteiger partial charge on any atom is -0.491 e. The maximum Gasteiger partial charge on any atom is 0.263 e. The summed E-state index contributed by atoms with van der Waals surface area (Å²) >= 11 is 6.03. The predicted molar refractivity (Wildman–Crippen MR) is 105 cm³/mol. The average Bonchev–Trinajstić information content (AvgIpc) is 2.69. The first-order chi connectivity index (χ1) is 13.0. The molecule has 1 heterocycles. The Kier molecular flexibility index (Phi) is 6.58. The van der Waals surface area contributed by atoms with E-state index in [1.54, 1.807) is 11.8 Å². The maximum atomic E-state index is 12.7. The average molecular weight is 390 g/mol. The Labute approximate surface area is 164 Å². The lowest BCUT2D eigenvalue weighted by molar-refractivity contribution is -0.146. The number of para-hydroxylation sites is 1. The second-order valence-electron chi connectivity index (χ2n) is 6.57. The van der Waals surface area contributed by atoms with Gasteiger partial charge in [0.05, 0.1) is 13.2 Å². The van der Waals surface area contributed by atoms with E-state index in [1.807, 2.05) is 55.5 Å². The molecular formula is C21H24ClNO4. The molecule has 2 aromatic rings. The Bertz CT molecular complexity index is 768. The van der Waals surface area contributed by atoms with Gasteiger partial charge in [-0.2, -0.15) is 0 Å². The van der Waals surface area contributed by atoms with Crippen LogP contribution in [0.15, 0.2) is 48.5 Å². The minimum absolute atomic E-state index is 0.0468. The van der Waals surface area contributed by atoms with Crippen LogP contribution < -0.4 is 9.47 Å². The first kappa shape index (κ1) is 19.5. The molecule has 0 spiro atoms. The summed E-state index contributed by atoms with van der Waals surface area (Å²) in [5.41, 5.74) is 0.961. The number of nitrogens with zero attached hydrogens (tertiary/aromatic N) is 1. The summed E-state index contributed by atoms with van der Waals surface area (Å²) < 4.78 is 17.3. The smallest absolute Gasteiger partial charge is 0.263 e. The molecule has 0 bridgehead atoms. The van der Waals surface area contributed by atoms with Crippen LogP contribution in [0.2, 0.25) is 5.02 Å². The highest BCUT2D eigenvalue weighted by Gasteiger charge is 2.28. The second-order valence-corrected chi connectivity index (χ2v) is 6.98. The van der Waals surface area contributed by atoms with E-state index < -0.39 is 6.10 Å². The van der Waals surface area contributed by atoms with E-state index in [-0.39, 0.29) is 12.0 Å². The third-order valence-electron chi connectivity index (χ3n) is 4.42. The summed E-state index contributed by atoms with van der Waals surface area (Å²) in [5.74, 6) is 1.38. The lowest BCUT2D eigenvalue weighted by atomic mass is 10.2. The van der Waals surface area contributed by atoms with Gasteiger partial charge in [-0.3, -0.25) is 4.79 Å². The zero-order chi connectivity index (χ0) is 19.2. The van der Waals surface area contributed by atoms with E-state index in [1.165, 1.54) is 0 Å². The van der Waals surface area contributed by atoms with Gasteiger partial charge in [0.15, 0.2) is 6.10 Å². The lowest BCUT2D eigenvalue weighted by Crippen LogP contribution is -2.51. The number of morpholine rings is 1. The standard InChI is InChI=1S/C21H24ClNO4/c1-15-12-18(8-9-20(15)22)26-14-19-13-23(10-11-25-19)21(24)16(2)27-17-6-4-3-5-7-17/h3-9,12,16,19H,10-11,13-14H2,1-2H3/t16-,19-/m1/s1. The Balaban J connectivity index is 1.52. The van der Waals surface area contributed by atoms with Crippen molar-refractivity contribution in [3.63, 3.8) is 0 Å². The molecule has 0 radical (unpaired) electrons. The second kappa shape index (κ2) is 9.11. The van der Waals surface area contributed by atoms with Gasteiger partial charge in [-0.1, -0.05) is 29.8 Å². The van der Waals surface area contributed by atoms with Gasteiger partial charge in [0, 0.05) is 11.6 Å². The van der Waals surface area contributed by atoms with E-state index >= 15 is 0 Å². The molecule has 0 unspecified atom stereocenters. The number of ether oxygens (including phenoxy) is 3. The van der Waals surface area contributed by atoms with Crippen molar-refractivity contribution in [3.8, 4) is 11.5 Å². The van der Waals surface area contributed by atoms with E-state index in [9.17, 15) is 4.79 Å². The summed E-state index contributed by atoms with van der Waals surface area (Å²) in [7, 11) is 0. The van der Waals surface area contributed by atoms with Crippen LogP contribution >= 0.6 is 11.6 Å². The molecule has 0 saturated carbocycles. The highest BCUT2D eigenvalue weighted by Crippen LogP contribution is 2.21. The van der Waals surface area contributed by atoms with Crippen LogP contribution in [0, 0.1) is 6.92 Å². The van der Waals surface area contributed by atoms with Crippen molar-refractivity contribution < 1.29 is 19.0 Å². The summed E-state index contributed by atoms with van der Waals surface area (Å²) in [4.78, 5) is 14.5. The largest absolute Gasteiger partial charge is 0.491 e. The molecule has 27 heavy (non-hydrogen) atoms. The summed E-state index contributed by atoms with van der Waals surface area (Å²) in [5, 5.41) is 0.709. The number of halogens is 1. The van der Waals surface area contributed by atoms with E-state index in [2.05, 4.69) is 0 Å². The fourth-order valence-electron chi connectivity index (χ4n) is 2.93. The van der Waals surface area contributed by atoms with Crippen molar-refractivity contribution in [2.75, 3.05) is 26.3 Å². The first-order valence-electron chi connectivity index (χ1n) is 9.04. The van der Waals surface area contributed by atoms with Crippen LogP contribution in [-0.4, -0.2) is 49.3 Å². The molecule has 5 nitrogen and oxygen atoms in total. The van der Waals surface area contributed by atoms with Crippen LogP contribution in [0.5, 0.6) is 11.5 Å². The molecule has 2 aromatic carbocycles. The van der Waals surface area contributed by atoms with Crippen molar-refractivity contribution in [3.05, 3.63) is 59.1 Å². The van der Waals surface area contributed by atoms with Crippen molar-refractivity contribution in [1.29, 1.82) is 0 Å². The normalized spacial score (nSPS) is 18.0. The summed E-state index contributed by atoms with van der Waals surface area (Å²) in [6.45, 7) is 5.59. The quantitative estimate of drug-likeness (QED) is 0.755. The zero-order valence-corrected chi connectivity index (χ0v) is 16.3. The topological polar surface area (TPSA) is 48.0 Å². The molecular weight excluding hydrogens is 366 g/mol. The molecule has 0 aliphatic carbocycles. The van der Waals surface area contributed by atoms with Crippen LogP contribution in [0.1, 0.15) is 12.5 Å². The Morgan fingerprint density at radius 3 is 2.78 bits per heavy atom. The van der Waals surface area contributed by atoms with Gasteiger partial charge in [0.2, 0.25) is 0 Å². The van der Waals surface area contributed by atoms with Crippen LogP contribution in [0.25, 0.3) is 0 Å². The number of amides is 1. The Morgan fingerprint density at radius 1 is 1.26 bits per heavy atom. The molecule has 3 rings (SSSR count). The van der Waals surface area contributed by atoms with E-state index in [0.29, 0.717) is 37.1 Å². The third-order valence-corrected chi connectivity index (χ3v) is 4.84. The van der Waals surface area contributed by atoms with Crippen molar-refractivity contribution >= 4 is 17.5 Å². The molecule has 6 heteroatoms. The predicted octanol–water partition coefficient (Wildman–Crippen LogP) is 3.72. The first-order valence-corrected chi connectivity index (χ1v) is 9.42. The van der Waals surface area contributed by atoms with Gasteiger partial charge in [-0.05, 0) is 49.7 Å². The summed E-state index contributed by atoms with van der Waals surface area (Å²) in [6, 6.07) is 14.9. The van der Waals surface area contributed by atoms with Gasteiger partial charge in [0.1, 0.15) is 24.2 Å². The minimum atomic E-state index is -0.550.